The lowest BCUT2D eigenvalue weighted by molar-refractivity contribution is 0.182. The van der Waals surface area contributed by atoms with E-state index in [1.165, 1.54) is 0 Å². The smallest absolute Gasteiger partial charge is 0.244 e. The molecule has 1 fully saturated rings. The van der Waals surface area contributed by atoms with Crippen molar-refractivity contribution in [2.24, 2.45) is 0 Å². The predicted molar refractivity (Wildman–Crippen MR) is 99.6 cm³/mol. The number of pyridine rings is 2. The Balaban J connectivity index is 1.33. The standard InChI is InChI=1S/C20H18N6O2/c1-3-9-21-15(6-1)17-12-14(27-24-17)13-26-11-5-8-18(26)20-23-19(25-28-20)16-7-2-4-10-22-16/h1-4,6-7,9-10,12,18H,5,8,11,13H2. The first kappa shape index (κ1) is 16.8. The van der Waals surface area contributed by atoms with Gasteiger partial charge in [-0.05, 0) is 43.7 Å². The van der Waals surface area contributed by atoms with Crippen LogP contribution in [0.25, 0.3) is 22.9 Å². The van der Waals surface area contributed by atoms with E-state index in [4.69, 9.17) is 9.05 Å². The minimum absolute atomic E-state index is 0.0633. The van der Waals surface area contributed by atoms with Gasteiger partial charge in [0.2, 0.25) is 11.7 Å². The van der Waals surface area contributed by atoms with Crippen molar-refractivity contribution >= 4 is 0 Å². The van der Waals surface area contributed by atoms with E-state index in [1.807, 2.05) is 42.5 Å². The first-order chi connectivity index (χ1) is 13.9. The van der Waals surface area contributed by atoms with E-state index in [2.05, 4.69) is 30.2 Å². The van der Waals surface area contributed by atoms with Gasteiger partial charge in [-0.25, -0.2) is 0 Å². The zero-order valence-corrected chi connectivity index (χ0v) is 15.1. The molecule has 1 saturated heterocycles. The molecule has 140 valence electrons. The molecule has 0 saturated carbocycles. The highest BCUT2D eigenvalue weighted by Gasteiger charge is 2.31. The third-order valence-corrected chi connectivity index (χ3v) is 4.83. The second kappa shape index (κ2) is 7.32. The van der Waals surface area contributed by atoms with Crippen LogP contribution in [0.15, 0.2) is 63.9 Å². The summed E-state index contributed by atoms with van der Waals surface area (Å²) in [6.07, 6.45) is 5.49. The molecule has 8 heteroatoms. The average Bonchev–Trinajstić information content (AvgIpc) is 3.50. The van der Waals surface area contributed by atoms with Gasteiger partial charge in [-0.3, -0.25) is 14.9 Å². The number of hydrogen-bond acceptors (Lipinski definition) is 8. The van der Waals surface area contributed by atoms with Gasteiger partial charge in [0, 0.05) is 18.5 Å². The summed E-state index contributed by atoms with van der Waals surface area (Å²) >= 11 is 0. The van der Waals surface area contributed by atoms with Crippen LogP contribution < -0.4 is 0 Å². The van der Waals surface area contributed by atoms with Gasteiger partial charge < -0.3 is 9.05 Å². The molecule has 8 nitrogen and oxygen atoms in total. The summed E-state index contributed by atoms with van der Waals surface area (Å²) in [5.74, 6) is 1.92. The van der Waals surface area contributed by atoms with Gasteiger partial charge in [0.05, 0.1) is 18.3 Å². The van der Waals surface area contributed by atoms with Crippen molar-refractivity contribution in [2.75, 3.05) is 6.54 Å². The molecule has 1 aliphatic heterocycles. The Bertz CT molecular complexity index is 1050. The van der Waals surface area contributed by atoms with E-state index in [0.717, 1.165) is 36.5 Å². The number of likely N-dealkylation sites (tertiary alicyclic amines) is 1. The molecular weight excluding hydrogens is 356 g/mol. The molecule has 1 aliphatic rings. The van der Waals surface area contributed by atoms with Gasteiger partial charge in [0.15, 0.2) is 5.76 Å². The monoisotopic (exact) mass is 374 g/mol. The molecule has 0 amide bonds. The maximum Gasteiger partial charge on any atom is 0.244 e. The van der Waals surface area contributed by atoms with Crippen molar-refractivity contribution in [2.45, 2.75) is 25.4 Å². The summed E-state index contributed by atoms with van der Waals surface area (Å²) in [6, 6.07) is 13.4. The molecule has 0 radical (unpaired) electrons. The summed E-state index contributed by atoms with van der Waals surface area (Å²) in [7, 11) is 0. The third-order valence-electron chi connectivity index (χ3n) is 4.83. The van der Waals surface area contributed by atoms with Crippen LogP contribution in [-0.4, -0.2) is 36.7 Å². The Morgan fingerprint density at radius 2 is 1.75 bits per heavy atom. The maximum absolute atomic E-state index is 5.55. The molecule has 0 bridgehead atoms. The van der Waals surface area contributed by atoms with Crippen LogP contribution in [0.3, 0.4) is 0 Å². The van der Waals surface area contributed by atoms with Crippen molar-refractivity contribution in [3.8, 4) is 22.9 Å². The van der Waals surface area contributed by atoms with Gasteiger partial charge in [0.1, 0.15) is 11.4 Å². The van der Waals surface area contributed by atoms with Gasteiger partial charge in [-0.15, -0.1) is 0 Å². The third kappa shape index (κ3) is 3.29. The maximum atomic E-state index is 5.55. The Morgan fingerprint density at radius 3 is 2.54 bits per heavy atom. The quantitative estimate of drug-likeness (QED) is 0.524. The molecular formula is C20H18N6O2. The Hall–Kier alpha value is -3.39. The molecule has 4 aromatic heterocycles. The normalized spacial score (nSPS) is 17.2. The van der Waals surface area contributed by atoms with Gasteiger partial charge in [-0.2, -0.15) is 4.98 Å². The Morgan fingerprint density at radius 1 is 0.929 bits per heavy atom. The summed E-state index contributed by atoms with van der Waals surface area (Å²) < 4.78 is 11.1. The Kier molecular flexibility index (Phi) is 4.38. The molecule has 0 spiro atoms. The molecule has 1 atom stereocenters. The first-order valence-corrected chi connectivity index (χ1v) is 9.23. The molecule has 1 unspecified atom stereocenters. The zero-order valence-electron chi connectivity index (χ0n) is 15.1. The fourth-order valence-corrected chi connectivity index (χ4v) is 3.49. The van der Waals surface area contributed by atoms with Crippen molar-refractivity contribution in [1.82, 2.24) is 30.2 Å². The average molecular weight is 374 g/mol. The second-order valence-electron chi connectivity index (χ2n) is 6.69. The van der Waals surface area contributed by atoms with Crippen molar-refractivity contribution in [3.63, 3.8) is 0 Å². The van der Waals surface area contributed by atoms with E-state index in [1.54, 1.807) is 12.4 Å². The van der Waals surface area contributed by atoms with E-state index < -0.39 is 0 Å². The summed E-state index contributed by atoms with van der Waals surface area (Å²) in [4.78, 5) is 15.4. The van der Waals surface area contributed by atoms with Crippen molar-refractivity contribution < 1.29 is 9.05 Å². The largest absolute Gasteiger partial charge is 0.359 e. The lowest BCUT2D eigenvalue weighted by atomic mass is 10.2. The number of hydrogen-bond donors (Lipinski definition) is 0. The van der Waals surface area contributed by atoms with E-state index >= 15 is 0 Å². The van der Waals surface area contributed by atoms with Crippen LogP contribution in [0.5, 0.6) is 0 Å². The molecule has 0 aromatic carbocycles. The minimum atomic E-state index is 0.0633. The van der Waals surface area contributed by atoms with Crippen LogP contribution in [-0.2, 0) is 6.54 Å². The van der Waals surface area contributed by atoms with Crippen molar-refractivity contribution in [3.05, 3.63) is 66.5 Å². The summed E-state index contributed by atoms with van der Waals surface area (Å²) in [5, 5.41) is 8.24. The molecule has 5 heterocycles. The predicted octanol–water partition coefficient (Wildman–Crippen LogP) is 3.52. The number of nitrogens with zero attached hydrogens (tertiary/aromatic N) is 6. The van der Waals surface area contributed by atoms with Crippen LogP contribution in [0, 0.1) is 0 Å². The van der Waals surface area contributed by atoms with Gasteiger partial charge in [0.25, 0.3) is 0 Å². The van der Waals surface area contributed by atoms with Crippen LogP contribution in [0.1, 0.15) is 30.5 Å². The highest BCUT2D eigenvalue weighted by molar-refractivity contribution is 5.53. The van der Waals surface area contributed by atoms with E-state index in [0.29, 0.717) is 24.0 Å². The van der Waals surface area contributed by atoms with E-state index in [9.17, 15) is 0 Å². The highest BCUT2D eigenvalue weighted by atomic mass is 16.5. The first-order valence-electron chi connectivity index (χ1n) is 9.23. The molecule has 0 aliphatic carbocycles. The second-order valence-corrected chi connectivity index (χ2v) is 6.69. The highest BCUT2D eigenvalue weighted by Crippen LogP contribution is 2.33. The summed E-state index contributed by atoms with van der Waals surface area (Å²) in [5.41, 5.74) is 2.24. The molecule has 0 N–H and O–H groups in total. The molecule has 5 rings (SSSR count). The van der Waals surface area contributed by atoms with Gasteiger partial charge in [-0.1, -0.05) is 22.4 Å². The fraction of sp³-hybridized carbons (Fsp3) is 0.250. The fourth-order valence-electron chi connectivity index (χ4n) is 3.49. The van der Waals surface area contributed by atoms with Crippen LogP contribution in [0.4, 0.5) is 0 Å². The van der Waals surface area contributed by atoms with Gasteiger partial charge >= 0.3 is 0 Å². The molecule has 4 aromatic rings. The van der Waals surface area contributed by atoms with E-state index in [-0.39, 0.29) is 6.04 Å². The zero-order chi connectivity index (χ0) is 18.8. The minimum Gasteiger partial charge on any atom is -0.359 e. The number of aromatic nitrogens is 5. The summed E-state index contributed by atoms with van der Waals surface area (Å²) in [6.45, 7) is 1.57. The lowest BCUT2D eigenvalue weighted by Gasteiger charge is -2.19. The molecule has 28 heavy (non-hydrogen) atoms. The number of rotatable bonds is 5. The van der Waals surface area contributed by atoms with Crippen molar-refractivity contribution in [1.29, 1.82) is 0 Å². The van der Waals surface area contributed by atoms with Crippen LogP contribution in [0.2, 0.25) is 0 Å². The Labute approximate surface area is 161 Å². The van der Waals surface area contributed by atoms with Crippen LogP contribution >= 0.6 is 0 Å². The lowest BCUT2D eigenvalue weighted by Crippen LogP contribution is -2.22. The topological polar surface area (TPSA) is 94.0 Å². The SMILES string of the molecule is c1ccc(-c2cc(CN3CCCC3c3nc(-c4ccccn4)no3)on2)nc1.